The summed E-state index contributed by atoms with van der Waals surface area (Å²) in [6.45, 7) is 3.24. The SMILES string of the molecule is CC1CCCC1NCc1cn[nH]c1-c1ccccc1. The van der Waals surface area contributed by atoms with Crippen LogP contribution in [0.3, 0.4) is 0 Å². The van der Waals surface area contributed by atoms with Gasteiger partial charge in [0.25, 0.3) is 0 Å². The van der Waals surface area contributed by atoms with Crippen molar-refractivity contribution in [3.05, 3.63) is 42.1 Å². The Morgan fingerprint density at radius 3 is 2.84 bits per heavy atom. The highest BCUT2D eigenvalue weighted by Gasteiger charge is 2.22. The number of nitrogens with zero attached hydrogens (tertiary/aromatic N) is 1. The Morgan fingerprint density at radius 1 is 1.26 bits per heavy atom. The molecule has 0 amide bonds. The summed E-state index contributed by atoms with van der Waals surface area (Å²) in [5.74, 6) is 0.798. The summed E-state index contributed by atoms with van der Waals surface area (Å²) in [5, 5.41) is 11.0. The van der Waals surface area contributed by atoms with Crippen LogP contribution in [0.25, 0.3) is 11.3 Å². The number of aromatic nitrogens is 2. The van der Waals surface area contributed by atoms with Crippen molar-refractivity contribution in [3.63, 3.8) is 0 Å². The van der Waals surface area contributed by atoms with Crippen molar-refractivity contribution in [1.29, 1.82) is 0 Å². The first kappa shape index (κ1) is 12.4. The van der Waals surface area contributed by atoms with Gasteiger partial charge in [0.05, 0.1) is 11.9 Å². The Bertz CT molecular complexity index is 518. The molecule has 1 aliphatic rings. The Balaban J connectivity index is 1.71. The lowest BCUT2D eigenvalue weighted by Gasteiger charge is -2.17. The molecular weight excluding hydrogens is 234 g/mol. The van der Waals surface area contributed by atoms with Crippen molar-refractivity contribution in [2.24, 2.45) is 5.92 Å². The maximum absolute atomic E-state index is 4.20. The van der Waals surface area contributed by atoms with Crippen LogP contribution in [0, 0.1) is 5.92 Å². The molecule has 1 fully saturated rings. The summed E-state index contributed by atoms with van der Waals surface area (Å²) in [5.41, 5.74) is 3.60. The van der Waals surface area contributed by atoms with Gasteiger partial charge in [-0.3, -0.25) is 5.10 Å². The van der Waals surface area contributed by atoms with Crippen molar-refractivity contribution in [3.8, 4) is 11.3 Å². The van der Waals surface area contributed by atoms with Gasteiger partial charge in [-0.1, -0.05) is 43.7 Å². The number of aromatic amines is 1. The molecule has 2 aromatic rings. The molecule has 3 heteroatoms. The zero-order valence-electron chi connectivity index (χ0n) is 11.4. The van der Waals surface area contributed by atoms with Gasteiger partial charge in [-0.15, -0.1) is 0 Å². The van der Waals surface area contributed by atoms with E-state index in [1.165, 1.54) is 30.4 Å². The summed E-state index contributed by atoms with van der Waals surface area (Å²) in [6.07, 6.45) is 5.96. The molecule has 0 saturated heterocycles. The number of H-pyrrole nitrogens is 1. The summed E-state index contributed by atoms with van der Waals surface area (Å²) >= 11 is 0. The summed E-state index contributed by atoms with van der Waals surface area (Å²) in [6, 6.07) is 11.1. The predicted octanol–water partition coefficient (Wildman–Crippen LogP) is 3.35. The zero-order chi connectivity index (χ0) is 13.1. The second-order valence-electron chi connectivity index (χ2n) is 5.53. The van der Waals surface area contributed by atoms with Gasteiger partial charge < -0.3 is 5.32 Å². The highest BCUT2D eigenvalue weighted by molar-refractivity contribution is 5.62. The standard InChI is InChI=1S/C16H21N3/c1-12-6-5-9-15(12)17-10-14-11-18-19-16(14)13-7-3-2-4-8-13/h2-4,7-8,11-12,15,17H,5-6,9-10H2,1H3,(H,18,19). The summed E-state index contributed by atoms with van der Waals surface area (Å²) in [7, 11) is 0. The fourth-order valence-electron chi connectivity index (χ4n) is 2.99. The number of benzene rings is 1. The van der Waals surface area contributed by atoms with Gasteiger partial charge in [-0.05, 0) is 24.3 Å². The third-order valence-corrected chi connectivity index (χ3v) is 4.20. The van der Waals surface area contributed by atoms with Crippen LogP contribution >= 0.6 is 0 Å². The molecule has 0 aliphatic heterocycles. The lowest BCUT2D eigenvalue weighted by atomic mass is 10.1. The van der Waals surface area contributed by atoms with Gasteiger partial charge in [-0.25, -0.2) is 0 Å². The average Bonchev–Trinajstić information content (AvgIpc) is 3.06. The first-order chi connectivity index (χ1) is 9.34. The van der Waals surface area contributed by atoms with E-state index in [4.69, 9.17) is 0 Å². The topological polar surface area (TPSA) is 40.7 Å². The molecular formula is C16H21N3. The van der Waals surface area contributed by atoms with Crippen LogP contribution in [0.1, 0.15) is 31.7 Å². The highest BCUT2D eigenvalue weighted by Crippen LogP contribution is 2.26. The second kappa shape index (κ2) is 5.57. The fourth-order valence-corrected chi connectivity index (χ4v) is 2.99. The molecule has 1 heterocycles. The van der Waals surface area contributed by atoms with Gasteiger partial charge in [0.1, 0.15) is 0 Å². The zero-order valence-corrected chi connectivity index (χ0v) is 11.4. The smallest absolute Gasteiger partial charge is 0.0695 e. The van der Waals surface area contributed by atoms with E-state index in [0.29, 0.717) is 6.04 Å². The van der Waals surface area contributed by atoms with Crippen LogP contribution in [0.15, 0.2) is 36.5 Å². The van der Waals surface area contributed by atoms with E-state index < -0.39 is 0 Å². The minimum absolute atomic E-state index is 0.665. The molecule has 1 saturated carbocycles. The van der Waals surface area contributed by atoms with Crippen molar-refractivity contribution in [2.45, 2.75) is 38.8 Å². The minimum atomic E-state index is 0.665. The quantitative estimate of drug-likeness (QED) is 0.879. The third-order valence-electron chi connectivity index (χ3n) is 4.20. The Hall–Kier alpha value is -1.61. The molecule has 2 N–H and O–H groups in total. The molecule has 0 radical (unpaired) electrons. The van der Waals surface area contributed by atoms with Gasteiger partial charge >= 0.3 is 0 Å². The van der Waals surface area contributed by atoms with Crippen molar-refractivity contribution in [2.75, 3.05) is 0 Å². The minimum Gasteiger partial charge on any atom is -0.310 e. The largest absolute Gasteiger partial charge is 0.310 e. The predicted molar refractivity (Wildman–Crippen MR) is 77.7 cm³/mol. The van der Waals surface area contributed by atoms with Gasteiger partial charge in [0.15, 0.2) is 0 Å². The second-order valence-corrected chi connectivity index (χ2v) is 5.53. The van der Waals surface area contributed by atoms with E-state index >= 15 is 0 Å². The fraction of sp³-hybridized carbons (Fsp3) is 0.438. The normalized spacial score (nSPS) is 22.8. The lowest BCUT2D eigenvalue weighted by Crippen LogP contribution is -2.30. The van der Waals surface area contributed by atoms with Crippen LogP contribution in [0.2, 0.25) is 0 Å². The molecule has 0 spiro atoms. The molecule has 0 bridgehead atoms. The van der Waals surface area contributed by atoms with Crippen LogP contribution in [0.4, 0.5) is 0 Å². The van der Waals surface area contributed by atoms with E-state index in [2.05, 4.69) is 46.7 Å². The van der Waals surface area contributed by atoms with Crippen LogP contribution < -0.4 is 5.32 Å². The van der Waals surface area contributed by atoms with E-state index in [-0.39, 0.29) is 0 Å². The summed E-state index contributed by atoms with van der Waals surface area (Å²) < 4.78 is 0. The van der Waals surface area contributed by atoms with Gasteiger partial charge in [-0.2, -0.15) is 5.10 Å². The van der Waals surface area contributed by atoms with E-state index in [9.17, 15) is 0 Å². The molecule has 3 nitrogen and oxygen atoms in total. The molecule has 3 rings (SSSR count). The van der Waals surface area contributed by atoms with Crippen molar-refractivity contribution < 1.29 is 0 Å². The molecule has 100 valence electrons. The van der Waals surface area contributed by atoms with Crippen LogP contribution in [0.5, 0.6) is 0 Å². The Labute approximate surface area is 114 Å². The first-order valence-corrected chi connectivity index (χ1v) is 7.15. The third kappa shape index (κ3) is 2.71. The average molecular weight is 255 g/mol. The summed E-state index contributed by atoms with van der Waals surface area (Å²) in [4.78, 5) is 0. The molecule has 2 unspecified atom stereocenters. The van der Waals surface area contributed by atoms with Gasteiger partial charge in [0.2, 0.25) is 0 Å². The Kier molecular flexibility index (Phi) is 3.65. The number of rotatable bonds is 4. The number of nitrogens with one attached hydrogen (secondary N) is 2. The number of hydrogen-bond acceptors (Lipinski definition) is 2. The van der Waals surface area contributed by atoms with Crippen molar-refractivity contribution in [1.82, 2.24) is 15.5 Å². The molecule has 2 atom stereocenters. The van der Waals surface area contributed by atoms with Crippen LogP contribution in [-0.2, 0) is 6.54 Å². The van der Waals surface area contributed by atoms with Crippen LogP contribution in [-0.4, -0.2) is 16.2 Å². The van der Waals surface area contributed by atoms with E-state index in [0.717, 1.165) is 18.2 Å². The van der Waals surface area contributed by atoms with E-state index in [1.807, 2.05) is 12.3 Å². The molecule has 19 heavy (non-hydrogen) atoms. The lowest BCUT2D eigenvalue weighted by molar-refractivity contribution is 0.426. The monoisotopic (exact) mass is 255 g/mol. The van der Waals surface area contributed by atoms with Crippen molar-refractivity contribution >= 4 is 0 Å². The maximum atomic E-state index is 4.20. The number of hydrogen-bond donors (Lipinski definition) is 2. The van der Waals surface area contributed by atoms with Gasteiger partial charge in [0, 0.05) is 18.2 Å². The Morgan fingerprint density at radius 2 is 2.11 bits per heavy atom. The first-order valence-electron chi connectivity index (χ1n) is 7.15. The van der Waals surface area contributed by atoms with E-state index in [1.54, 1.807) is 0 Å². The molecule has 1 aromatic heterocycles. The highest BCUT2D eigenvalue weighted by atomic mass is 15.1. The maximum Gasteiger partial charge on any atom is 0.0695 e. The molecule has 1 aliphatic carbocycles. The molecule has 1 aromatic carbocycles.